The zero-order valence-electron chi connectivity index (χ0n) is 8.89. The van der Waals surface area contributed by atoms with Crippen LogP contribution in [-0.2, 0) is 4.74 Å². The molecule has 0 aromatic heterocycles. The Hall–Kier alpha value is -0.200. The molecule has 0 radical (unpaired) electrons. The van der Waals surface area contributed by atoms with Crippen LogP contribution in [0, 0.1) is 9.39 Å². The summed E-state index contributed by atoms with van der Waals surface area (Å²) in [6.07, 6.45) is 0. The van der Waals surface area contributed by atoms with Gasteiger partial charge in [0.25, 0.3) is 0 Å². The number of benzene rings is 1. The Kier molecular flexibility index (Phi) is 5.49. The Morgan fingerprint density at radius 2 is 2.27 bits per heavy atom. The van der Waals surface area contributed by atoms with Crippen molar-refractivity contribution in [3.8, 4) is 0 Å². The van der Waals surface area contributed by atoms with Gasteiger partial charge < -0.3 is 10.1 Å². The first-order chi connectivity index (χ1) is 7.19. The summed E-state index contributed by atoms with van der Waals surface area (Å²) in [6.45, 7) is 3.26. The molecule has 15 heavy (non-hydrogen) atoms. The molecule has 0 aliphatic heterocycles. The van der Waals surface area contributed by atoms with Crippen molar-refractivity contribution >= 4 is 22.6 Å². The SMILES string of the molecule is CCOCC(NC)c1ccc(F)cc1I. The molecule has 2 nitrogen and oxygen atoms in total. The van der Waals surface area contributed by atoms with Gasteiger partial charge in [-0.2, -0.15) is 0 Å². The second-order valence-corrected chi connectivity index (χ2v) is 4.33. The molecule has 1 N–H and O–H groups in total. The molecule has 1 unspecified atom stereocenters. The van der Waals surface area contributed by atoms with E-state index in [0.717, 1.165) is 9.13 Å². The minimum absolute atomic E-state index is 0.123. The van der Waals surface area contributed by atoms with Crippen molar-refractivity contribution in [2.75, 3.05) is 20.3 Å². The van der Waals surface area contributed by atoms with Gasteiger partial charge in [0, 0.05) is 10.2 Å². The zero-order valence-corrected chi connectivity index (χ0v) is 11.0. The Bertz CT molecular complexity index is 319. The zero-order chi connectivity index (χ0) is 11.3. The quantitative estimate of drug-likeness (QED) is 0.842. The van der Waals surface area contributed by atoms with Gasteiger partial charge in [0.1, 0.15) is 5.82 Å². The normalized spacial score (nSPS) is 12.8. The van der Waals surface area contributed by atoms with E-state index in [9.17, 15) is 4.39 Å². The highest BCUT2D eigenvalue weighted by molar-refractivity contribution is 14.1. The summed E-state index contributed by atoms with van der Waals surface area (Å²) >= 11 is 2.14. The summed E-state index contributed by atoms with van der Waals surface area (Å²) < 4.78 is 19.2. The van der Waals surface area contributed by atoms with Crippen LogP contribution in [0.4, 0.5) is 4.39 Å². The van der Waals surface area contributed by atoms with Crippen LogP contribution in [-0.4, -0.2) is 20.3 Å². The molecule has 84 valence electrons. The third-order valence-corrected chi connectivity index (χ3v) is 3.11. The standard InChI is InChI=1S/C11H15FINO/c1-3-15-7-11(14-2)9-5-4-8(12)6-10(9)13/h4-6,11,14H,3,7H2,1-2H3. The molecular formula is C11H15FINO. The topological polar surface area (TPSA) is 21.3 Å². The largest absolute Gasteiger partial charge is 0.380 e. The summed E-state index contributed by atoms with van der Waals surface area (Å²) in [5.41, 5.74) is 1.08. The van der Waals surface area contributed by atoms with E-state index in [-0.39, 0.29) is 11.9 Å². The average molecular weight is 323 g/mol. The number of ether oxygens (including phenoxy) is 1. The van der Waals surface area contributed by atoms with Crippen LogP contribution in [0.2, 0.25) is 0 Å². The first kappa shape index (κ1) is 12.9. The smallest absolute Gasteiger partial charge is 0.124 e. The van der Waals surface area contributed by atoms with Crippen LogP contribution in [0.5, 0.6) is 0 Å². The van der Waals surface area contributed by atoms with E-state index in [0.29, 0.717) is 13.2 Å². The summed E-state index contributed by atoms with van der Waals surface area (Å²) in [6, 6.07) is 4.94. The van der Waals surface area contributed by atoms with Crippen molar-refractivity contribution in [3.63, 3.8) is 0 Å². The van der Waals surface area contributed by atoms with Gasteiger partial charge in [0.15, 0.2) is 0 Å². The highest BCUT2D eigenvalue weighted by Crippen LogP contribution is 2.21. The lowest BCUT2D eigenvalue weighted by Crippen LogP contribution is -2.22. The first-order valence-electron chi connectivity index (χ1n) is 4.89. The Balaban J connectivity index is 2.81. The van der Waals surface area contributed by atoms with Crippen LogP contribution in [0.1, 0.15) is 18.5 Å². The van der Waals surface area contributed by atoms with Crippen molar-refractivity contribution in [2.45, 2.75) is 13.0 Å². The van der Waals surface area contributed by atoms with Gasteiger partial charge in [-0.1, -0.05) is 6.07 Å². The van der Waals surface area contributed by atoms with Crippen molar-refractivity contribution in [2.24, 2.45) is 0 Å². The fourth-order valence-electron chi connectivity index (χ4n) is 1.35. The molecule has 0 bridgehead atoms. The molecule has 0 fully saturated rings. The highest BCUT2D eigenvalue weighted by atomic mass is 127. The fourth-order valence-corrected chi connectivity index (χ4v) is 2.20. The predicted octanol–water partition coefficient (Wildman–Crippen LogP) is 2.73. The van der Waals surface area contributed by atoms with Gasteiger partial charge in [0.05, 0.1) is 12.6 Å². The first-order valence-corrected chi connectivity index (χ1v) is 5.96. The minimum atomic E-state index is -0.200. The molecule has 0 saturated heterocycles. The molecule has 1 aromatic rings. The van der Waals surface area contributed by atoms with Crippen molar-refractivity contribution < 1.29 is 9.13 Å². The van der Waals surface area contributed by atoms with Crippen LogP contribution in [0.15, 0.2) is 18.2 Å². The van der Waals surface area contributed by atoms with Crippen LogP contribution >= 0.6 is 22.6 Å². The molecule has 1 aromatic carbocycles. The van der Waals surface area contributed by atoms with E-state index in [2.05, 4.69) is 27.9 Å². The second kappa shape index (κ2) is 6.40. The number of likely N-dealkylation sites (N-methyl/N-ethyl adjacent to an activating group) is 1. The number of hydrogen-bond donors (Lipinski definition) is 1. The van der Waals surface area contributed by atoms with Gasteiger partial charge in [-0.3, -0.25) is 0 Å². The maximum absolute atomic E-state index is 12.9. The van der Waals surface area contributed by atoms with Gasteiger partial charge in [-0.25, -0.2) is 4.39 Å². The third-order valence-electron chi connectivity index (χ3n) is 2.18. The molecule has 4 heteroatoms. The lowest BCUT2D eigenvalue weighted by Gasteiger charge is -2.17. The minimum Gasteiger partial charge on any atom is -0.380 e. The number of rotatable bonds is 5. The molecule has 0 saturated carbocycles. The van der Waals surface area contributed by atoms with Gasteiger partial charge >= 0.3 is 0 Å². The summed E-state index contributed by atoms with van der Waals surface area (Å²) in [7, 11) is 1.88. The van der Waals surface area contributed by atoms with Crippen molar-refractivity contribution in [1.82, 2.24) is 5.32 Å². The highest BCUT2D eigenvalue weighted by Gasteiger charge is 2.12. The molecule has 0 aliphatic rings. The molecule has 0 heterocycles. The number of hydrogen-bond acceptors (Lipinski definition) is 2. The van der Waals surface area contributed by atoms with E-state index in [4.69, 9.17) is 4.74 Å². The molecular weight excluding hydrogens is 308 g/mol. The van der Waals surface area contributed by atoms with Crippen molar-refractivity contribution in [3.05, 3.63) is 33.1 Å². The van der Waals surface area contributed by atoms with E-state index < -0.39 is 0 Å². The van der Waals surface area contributed by atoms with E-state index in [1.807, 2.05) is 14.0 Å². The van der Waals surface area contributed by atoms with E-state index >= 15 is 0 Å². The molecule has 1 atom stereocenters. The number of halogens is 2. The Labute approximate surface area is 103 Å². The maximum Gasteiger partial charge on any atom is 0.124 e. The number of nitrogens with one attached hydrogen (secondary N) is 1. The Morgan fingerprint density at radius 3 is 2.80 bits per heavy atom. The third kappa shape index (κ3) is 3.70. The van der Waals surface area contributed by atoms with Crippen LogP contribution < -0.4 is 5.32 Å². The molecule has 0 aliphatic carbocycles. The predicted molar refractivity (Wildman–Crippen MR) is 67.4 cm³/mol. The van der Waals surface area contributed by atoms with E-state index in [1.54, 1.807) is 6.07 Å². The van der Waals surface area contributed by atoms with Gasteiger partial charge in [-0.15, -0.1) is 0 Å². The summed E-state index contributed by atoms with van der Waals surface area (Å²) in [4.78, 5) is 0. The lowest BCUT2D eigenvalue weighted by molar-refractivity contribution is 0.125. The van der Waals surface area contributed by atoms with Crippen LogP contribution in [0.25, 0.3) is 0 Å². The summed E-state index contributed by atoms with van der Waals surface area (Å²) in [5, 5.41) is 3.16. The fraction of sp³-hybridized carbons (Fsp3) is 0.455. The maximum atomic E-state index is 12.9. The molecule has 0 amide bonds. The molecule has 1 rings (SSSR count). The van der Waals surface area contributed by atoms with Gasteiger partial charge in [0.2, 0.25) is 0 Å². The average Bonchev–Trinajstić information content (AvgIpc) is 2.21. The van der Waals surface area contributed by atoms with Crippen molar-refractivity contribution in [1.29, 1.82) is 0 Å². The van der Waals surface area contributed by atoms with E-state index in [1.165, 1.54) is 12.1 Å². The summed E-state index contributed by atoms with van der Waals surface area (Å²) in [5.74, 6) is -0.200. The second-order valence-electron chi connectivity index (χ2n) is 3.17. The van der Waals surface area contributed by atoms with Gasteiger partial charge in [-0.05, 0) is 54.3 Å². The van der Waals surface area contributed by atoms with Crippen LogP contribution in [0.3, 0.4) is 0 Å². The molecule has 0 spiro atoms. The Morgan fingerprint density at radius 1 is 1.53 bits per heavy atom. The monoisotopic (exact) mass is 323 g/mol. The lowest BCUT2D eigenvalue weighted by atomic mass is 10.1.